The molecule has 0 aliphatic heterocycles. The van der Waals surface area contributed by atoms with E-state index in [-0.39, 0.29) is 20.8 Å². The van der Waals surface area contributed by atoms with E-state index in [1.807, 2.05) is 4.98 Å². The van der Waals surface area contributed by atoms with E-state index < -0.39 is 24.0 Å². The Morgan fingerprint density at radius 3 is 2.19 bits per heavy atom. The molecule has 21 heavy (non-hydrogen) atoms. The van der Waals surface area contributed by atoms with Crippen LogP contribution in [0.3, 0.4) is 0 Å². The highest BCUT2D eigenvalue weighted by Gasteiger charge is 2.30. The molecule has 1 N–H and O–H groups in total. The summed E-state index contributed by atoms with van der Waals surface area (Å²) in [6, 6.07) is 5.74. The highest BCUT2D eigenvalue weighted by atomic mass is 35.5. The number of halogens is 5. The van der Waals surface area contributed by atoms with E-state index >= 15 is 0 Å². The molecule has 0 radical (unpaired) electrons. The Bertz CT molecular complexity index is 779. The molecule has 4 nitrogen and oxygen atoms in total. The predicted octanol–water partition coefficient (Wildman–Crippen LogP) is 3.07. The Morgan fingerprint density at radius 2 is 1.67 bits per heavy atom. The summed E-state index contributed by atoms with van der Waals surface area (Å²) in [6.45, 7) is -1.70. The van der Waals surface area contributed by atoms with Crippen LogP contribution in [0.25, 0.3) is 11.1 Å². The summed E-state index contributed by atoms with van der Waals surface area (Å²) < 4.78 is 37.3. The zero-order valence-electron chi connectivity index (χ0n) is 10.2. The summed E-state index contributed by atoms with van der Waals surface area (Å²) in [7, 11) is 0. The first-order chi connectivity index (χ1) is 9.69. The van der Waals surface area contributed by atoms with Gasteiger partial charge in [-0.3, -0.25) is 14.3 Å². The molecular weight excluding hydrogens is 332 g/mol. The van der Waals surface area contributed by atoms with E-state index in [1.165, 1.54) is 24.3 Å². The number of rotatable bonds is 2. The van der Waals surface area contributed by atoms with Gasteiger partial charge in [0.05, 0.1) is 5.56 Å². The second-order valence-electron chi connectivity index (χ2n) is 4.13. The van der Waals surface area contributed by atoms with Gasteiger partial charge in [-0.25, -0.2) is 4.79 Å². The Hall–Kier alpha value is -1.73. The van der Waals surface area contributed by atoms with E-state index in [4.69, 9.17) is 23.2 Å². The van der Waals surface area contributed by atoms with Crippen LogP contribution in [0.15, 0.2) is 33.9 Å². The van der Waals surface area contributed by atoms with Crippen LogP contribution < -0.4 is 11.2 Å². The minimum absolute atomic E-state index is 0.0514. The summed E-state index contributed by atoms with van der Waals surface area (Å²) in [5.41, 5.74) is -2.32. The lowest BCUT2D eigenvalue weighted by molar-refractivity contribution is -0.141. The molecule has 9 heteroatoms. The summed E-state index contributed by atoms with van der Waals surface area (Å²) in [5, 5.41) is 0.0562. The highest BCUT2D eigenvalue weighted by molar-refractivity contribution is 6.32. The molecule has 0 saturated carbocycles. The van der Waals surface area contributed by atoms with Crippen LogP contribution in [0.5, 0.6) is 0 Å². The van der Waals surface area contributed by atoms with E-state index in [2.05, 4.69) is 0 Å². The number of aromatic amines is 1. The molecule has 0 saturated heterocycles. The molecule has 0 aliphatic carbocycles. The minimum Gasteiger partial charge on any atom is -0.297 e. The molecule has 0 bridgehead atoms. The van der Waals surface area contributed by atoms with Gasteiger partial charge in [-0.1, -0.05) is 35.3 Å². The average Bonchev–Trinajstić information content (AvgIpc) is 2.35. The maximum absolute atomic E-state index is 12.4. The number of alkyl halides is 3. The average molecular weight is 339 g/mol. The van der Waals surface area contributed by atoms with Crippen molar-refractivity contribution in [2.24, 2.45) is 0 Å². The van der Waals surface area contributed by atoms with Crippen molar-refractivity contribution in [2.75, 3.05) is 0 Å². The summed E-state index contributed by atoms with van der Waals surface area (Å²) in [6.07, 6.45) is -4.71. The van der Waals surface area contributed by atoms with E-state index in [1.54, 1.807) is 0 Å². The monoisotopic (exact) mass is 338 g/mol. The van der Waals surface area contributed by atoms with E-state index in [0.717, 1.165) is 0 Å². The van der Waals surface area contributed by atoms with Crippen molar-refractivity contribution in [3.05, 3.63) is 55.3 Å². The van der Waals surface area contributed by atoms with E-state index in [9.17, 15) is 22.8 Å². The topological polar surface area (TPSA) is 54.9 Å². The van der Waals surface area contributed by atoms with E-state index in [0.29, 0.717) is 5.02 Å². The first-order valence-electron chi connectivity index (χ1n) is 5.54. The molecule has 0 unspecified atom stereocenters. The van der Waals surface area contributed by atoms with Crippen molar-refractivity contribution in [2.45, 2.75) is 12.7 Å². The second kappa shape index (κ2) is 5.57. The Labute approximate surface area is 125 Å². The van der Waals surface area contributed by atoms with Gasteiger partial charge in [0.25, 0.3) is 5.56 Å². The van der Waals surface area contributed by atoms with Gasteiger partial charge >= 0.3 is 11.9 Å². The van der Waals surface area contributed by atoms with Gasteiger partial charge in [-0.05, 0) is 17.7 Å². The quantitative estimate of drug-likeness (QED) is 0.855. The summed E-state index contributed by atoms with van der Waals surface area (Å²) in [5.74, 6) is 0. The third-order valence-corrected chi connectivity index (χ3v) is 3.15. The normalized spacial score (nSPS) is 11.7. The maximum atomic E-state index is 12.4. The smallest absolute Gasteiger partial charge is 0.297 e. The van der Waals surface area contributed by atoms with Crippen LogP contribution in [0.1, 0.15) is 0 Å². The number of hydrogen-bond acceptors (Lipinski definition) is 2. The lowest BCUT2D eigenvalue weighted by atomic mass is 10.1. The molecular formula is C12H7Cl2F3N2O2. The fraction of sp³-hybridized carbons (Fsp3) is 0.167. The van der Waals surface area contributed by atoms with Crippen molar-refractivity contribution in [3.63, 3.8) is 0 Å². The van der Waals surface area contributed by atoms with Crippen molar-refractivity contribution in [1.82, 2.24) is 9.55 Å². The number of aromatic nitrogens is 2. The van der Waals surface area contributed by atoms with Gasteiger partial charge in [0.2, 0.25) is 0 Å². The molecule has 0 spiro atoms. The number of hydrogen-bond donors (Lipinski definition) is 1. The molecule has 0 aliphatic rings. The van der Waals surface area contributed by atoms with Crippen LogP contribution in [-0.2, 0) is 6.54 Å². The van der Waals surface area contributed by atoms with Gasteiger partial charge in [0.15, 0.2) is 0 Å². The Morgan fingerprint density at radius 1 is 1.10 bits per heavy atom. The summed E-state index contributed by atoms with van der Waals surface area (Å²) >= 11 is 11.5. The molecule has 112 valence electrons. The summed E-state index contributed by atoms with van der Waals surface area (Å²) in [4.78, 5) is 25.6. The first kappa shape index (κ1) is 15.7. The standard InChI is InChI=1S/C12H7Cl2F3N2O2/c13-7-3-1-6(2-4-7)8-9(14)18-11(21)19(10(8)20)5-12(15,16)17/h1-4H,5H2,(H,18,21). The fourth-order valence-electron chi connectivity index (χ4n) is 1.73. The van der Waals surface area contributed by atoms with Crippen LogP contribution in [0.2, 0.25) is 10.2 Å². The largest absolute Gasteiger partial charge is 0.406 e. The van der Waals surface area contributed by atoms with Gasteiger partial charge in [0, 0.05) is 5.02 Å². The molecule has 0 fully saturated rings. The van der Waals surface area contributed by atoms with Crippen molar-refractivity contribution >= 4 is 23.2 Å². The lowest BCUT2D eigenvalue weighted by Gasteiger charge is -2.11. The third kappa shape index (κ3) is 3.48. The van der Waals surface area contributed by atoms with Crippen molar-refractivity contribution in [3.8, 4) is 11.1 Å². The Kier molecular flexibility index (Phi) is 4.15. The molecule has 2 aromatic rings. The number of H-pyrrole nitrogens is 1. The van der Waals surface area contributed by atoms with Crippen LogP contribution in [0.4, 0.5) is 13.2 Å². The second-order valence-corrected chi connectivity index (χ2v) is 4.95. The van der Waals surface area contributed by atoms with Crippen LogP contribution in [0, 0.1) is 0 Å². The van der Waals surface area contributed by atoms with Crippen molar-refractivity contribution in [1.29, 1.82) is 0 Å². The zero-order chi connectivity index (χ0) is 15.8. The van der Waals surface area contributed by atoms with Crippen molar-refractivity contribution < 1.29 is 13.2 Å². The Balaban J connectivity index is 2.67. The lowest BCUT2D eigenvalue weighted by Crippen LogP contribution is -2.40. The molecule has 1 aromatic carbocycles. The molecule has 1 heterocycles. The predicted molar refractivity (Wildman–Crippen MR) is 72.8 cm³/mol. The molecule has 1 aromatic heterocycles. The number of nitrogens with one attached hydrogen (secondary N) is 1. The van der Waals surface area contributed by atoms with Crippen LogP contribution in [-0.4, -0.2) is 15.7 Å². The SMILES string of the molecule is O=c1[nH]c(Cl)c(-c2ccc(Cl)cc2)c(=O)n1CC(F)(F)F. The third-order valence-electron chi connectivity index (χ3n) is 2.61. The minimum atomic E-state index is -4.71. The van der Waals surface area contributed by atoms with Gasteiger partial charge in [0.1, 0.15) is 11.7 Å². The maximum Gasteiger partial charge on any atom is 0.406 e. The van der Waals surface area contributed by atoms with Gasteiger partial charge in [-0.15, -0.1) is 0 Å². The fourth-order valence-corrected chi connectivity index (χ4v) is 2.13. The van der Waals surface area contributed by atoms with Crippen LogP contribution >= 0.6 is 23.2 Å². The number of nitrogens with zero attached hydrogens (tertiary/aromatic N) is 1. The van der Waals surface area contributed by atoms with Gasteiger partial charge in [-0.2, -0.15) is 13.2 Å². The molecule has 2 rings (SSSR count). The highest BCUT2D eigenvalue weighted by Crippen LogP contribution is 2.24. The molecule has 0 atom stereocenters. The number of benzene rings is 1. The van der Waals surface area contributed by atoms with Gasteiger partial charge < -0.3 is 0 Å². The zero-order valence-corrected chi connectivity index (χ0v) is 11.7. The molecule has 0 amide bonds. The first-order valence-corrected chi connectivity index (χ1v) is 6.30.